The van der Waals surface area contributed by atoms with Gasteiger partial charge in [0.25, 0.3) is 0 Å². The van der Waals surface area contributed by atoms with Gasteiger partial charge in [-0.25, -0.2) is 17.5 Å². The summed E-state index contributed by atoms with van der Waals surface area (Å²) in [6.07, 6.45) is 2.46. The van der Waals surface area contributed by atoms with Gasteiger partial charge in [0.15, 0.2) is 0 Å². The number of hydrogen-bond acceptors (Lipinski definition) is 3. The molecule has 0 atom stereocenters. The van der Waals surface area contributed by atoms with E-state index in [0.29, 0.717) is 24.2 Å². The van der Waals surface area contributed by atoms with Crippen molar-refractivity contribution in [3.63, 3.8) is 0 Å². The summed E-state index contributed by atoms with van der Waals surface area (Å²) in [5, 5.41) is 2.68. The van der Waals surface area contributed by atoms with Crippen LogP contribution in [0.3, 0.4) is 0 Å². The first-order valence-electron chi connectivity index (χ1n) is 8.11. The number of nitrogens with one attached hydrogen (secondary N) is 2. The van der Waals surface area contributed by atoms with Crippen LogP contribution in [0.25, 0.3) is 0 Å². The Labute approximate surface area is 146 Å². The van der Waals surface area contributed by atoms with Crippen molar-refractivity contribution in [2.24, 2.45) is 0 Å². The Kier molecular flexibility index (Phi) is 5.15. The molecule has 0 bridgehead atoms. The third-order valence-electron chi connectivity index (χ3n) is 4.11. The molecule has 7 heteroatoms. The first kappa shape index (κ1) is 17.6. The van der Waals surface area contributed by atoms with E-state index >= 15 is 0 Å². The minimum absolute atomic E-state index is 0.127. The van der Waals surface area contributed by atoms with E-state index in [2.05, 4.69) is 10.0 Å². The molecule has 1 aliphatic rings. The minimum atomic E-state index is -3.59. The van der Waals surface area contributed by atoms with E-state index in [1.807, 2.05) is 0 Å². The van der Waals surface area contributed by atoms with Crippen molar-refractivity contribution in [3.05, 3.63) is 59.4 Å². The molecule has 1 amide bonds. The highest BCUT2D eigenvalue weighted by Gasteiger charge is 2.21. The predicted octanol–water partition coefficient (Wildman–Crippen LogP) is 2.62. The SMILES string of the molecule is O=C1Cc2cc(S(=O)(=O)NCCCCc3ccc(F)cc3)ccc2N1. The molecule has 2 aromatic carbocycles. The van der Waals surface area contributed by atoms with Crippen LogP contribution < -0.4 is 10.0 Å². The Morgan fingerprint density at radius 2 is 1.84 bits per heavy atom. The minimum Gasteiger partial charge on any atom is -0.326 e. The number of carbonyl (C=O) groups excluding carboxylic acids is 1. The predicted molar refractivity (Wildman–Crippen MR) is 93.3 cm³/mol. The number of rotatable bonds is 7. The molecule has 1 heterocycles. The number of benzene rings is 2. The van der Waals surface area contributed by atoms with Crippen molar-refractivity contribution >= 4 is 21.6 Å². The zero-order valence-electron chi connectivity index (χ0n) is 13.6. The average Bonchev–Trinajstić information content (AvgIpc) is 2.95. The van der Waals surface area contributed by atoms with Crippen molar-refractivity contribution in [2.75, 3.05) is 11.9 Å². The van der Waals surface area contributed by atoms with E-state index in [1.54, 1.807) is 18.2 Å². The summed E-state index contributed by atoms with van der Waals surface area (Å²) >= 11 is 0. The Bertz CT molecular complexity index is 880. The van der Waals surface area contributed by atoms with Crippen molar-refractivity contribution < 1.29 is 17.6 Å². The Morgan fingerprint density at radius 1 is 1.08 bits per heavy atom. The van der Waals surface area contributed by atoms with Crippen molar-refractivity contribution in [3.8, 4) is 0 Å². The second kappa shape index (κ2) is 7.33. The van der Waals surface area contributed by atoms with Gasteiger partial charge in [-0.3, -0.25) is 4.79 Å². The summed E-state index contributed by atoms with van der Waals surface area (Å²) < 4.78 is 40.1. The molecule has 1 aliphatic heterocycles. The zero-order chi connectivity index (χ0) is 17.9. The van der Waals surface area contributed by atoms with E-state index in [-0.39, 0.29) is 23.0 Å². The van der Waals surface area contributed by atoms with Gasteiger partial charge in [0.05, 0.1) is 11.3 Å². The molecule has 0 saturated heterocycles. The second-order valence-electron chi connectivity index (χ2n) is 6.03. The van der Waals surface area contributed by atoms with Crippen LogP contribution in [0.5, 0.6) is 0 Å². The fourth-order valence-electron chi connectivity index (χ4n) is 2.77. The number of halogens is 1. The topological polar surface area (TPSA) is 75.3 Å². The fraction of sp³-hybridized carbons (Fsp3) is 0.278. The standard InChI is InChI=1S/C18H19FN2O3S/c19-15-6-4-13(5-7-15)3-1-2-10-20-25(23,24)16-8-9-17-14(11-16)12-18(22)21-17/h4-9,11,20H,1-3,10,12H2,(H,21,22). The maximum Gasteiger partial charge on any atom is 0.240 e. The molecule has 0 aromatic heterocycles. The molecule has 0 saturated carbocycles. The molecule has 0 unspecified atom stereocenters. The average molecular weight is 362 g/mol. The maximum atomic E-state index is 12.8. The molecule has 132 valence electrons. The monoisotopic (exact) mass is 362 g/mol. The van der Waals surface area contributed by atoms with Gasteiger partial charge in [-0.05, 0) is 60.7 Å². The van der Waals surface area contributed by atoms with Gasteiger partial charge in [-0.1, -0.05) is 12.1 Å². The van der Waals surface area contributed by atoms with Crippen LogP contribution in [0, 0.1) is 5.82 Å². The quantitative estimate of drug-likeness (QED) is 0.744. The number of amides is 1. The molecule has 0 fully saturated rings. The molecule has 0 radical (unpaired) electrons. The number of sulfonamides is 1. The highest BCUT2D eigenvalue weighted by atomic mass is 32.2. The third kappa shape index (κ3) is 4.43. The molecule has 2 aromatic rings. The lowest BCUT2D eigenvalue weighted by Gasteiger charge is -2.08. The van der Waals surface area contributed by atoms with Crippen LogP contribution in [0.2, 0.25) is 0 Å². The highest BCUT2D eigenvalue weighted by Crippen LogP contribution is 2.25. The number of anilines is 1. The molecule has 3 rings (SSSR count). The van der Waals surface area contributed by atoms with Crippen LogP contribution in [-0.2, 0) is 27.7 Å². The van der Waals surface area contributed by atoms with Gasteiger partial charge < -0.3 is 5.32 Å². The number of carbonyl (C=O) groups is 1. The molecule has 25 heavy (non-hydrogen) atoms. The lowest BCUT2D eigenvalue weighted by molar-refractivity contribution is -0.115. The van der Waals surface area contributed by atoms with Gasteiger partial charge in [0.2, 0.25) is 15.9 Å². The lowest BCUT2D eigenvalue weighted by Crippen LogP contribution is -2.25. The first-order chi connectivity index (χ1) is 11.9. The maximum absolute atomic E-state index is 12.8. The van der Waals surface area contributed by atoms with Crippen molar-refractivity contribution in [1.82, 2.24) is 4.72 Å². The van der Waals surface area contributed by atoms with Crippen molar-refractivity contribution in [2.45, 2.75) is 30.6 Å². The van der Waals surface area contributed by atoms with E-state index in [0.717, 1.165) is 18.4 Å². The number of fused-ring (bicyclic) bond motifs is 1. The largest absolute Gasteiger partial charge is 0.326 e. The fourth-order valence-corrected chi connectivity index (χ4v) is 3.89. The highest BCUT2D eigenvalue weighted by molar-refractivity contribution is 7.89. The van der Waals surface area contributed by atoms with Gasteiger partial charge in [-0.15, -0.1) is 0 Å². The van der Waals surface area contributed by atoms with Crippen LogP contribution in [0.4, 0.5) is 10.1 Å². The molecule has 0 aliphatic carbocycles. The zero-order valence-corrected chi connectivity index (χ0v) is 14.4. The van der Waals surface area contributed by atoms with Gasteiger partial charge in [0, 0.05) is 12.2 Å². The Morgan fingerprint density at radius 3 is 2.60 bits per heavy atom. The van der Waals surface area contributed by atoms with Gasteiger partial charge in [0.1, 0.15) is 5.82 Å². The van der Waals surface area contributed by atoms with Crippen molar-refractivity contribution in [1.29, 1.82) is 0 Å². The number of hydrogen-bond donors (Lipinski definition) is 2. The third-order valence-corrected chi connectivity index (χ3v) is 5.57. The summed E-state index contributed by atoms with van der Waals surface area (Å²) in [4.78, 5) is 11.5. The Hall–Kier alpha value is -2.25. The number of unbranched alkanes of at least 4 members (excludes halogenated alkanes) is 1. The summed E-state index contributed by atoms with van der Waals surface area (Å²) in [6.45, 7) is 0.331. The summed E-state index contributed by atoms with van der Waals surface area (Å²) in [5.74, 6) is -0.388. The molecule has 2 N–H and O–H groups in total. The molecular weight excluding hydrogens is 343 g/mol. The normalized spacial score (nSPS) is 13.6. The van der Waals surface area contributed by atoms with Crippen LogP contribution in [0.1, 0.15) is 24.0 Å². The second-order valence-corrected chi connectivity index (χ2v) is 7.79. The Balaban J connectivity index is 1.50. The molecular formula is C18H19FN2O3S. The summed E-state index contributed by atoms with van der Waals surface area (Å²) in [7, 11) is -3.59. The van der Waals surface area contributed by atoms with Gasteiger partial charge in [-0.2, -0.15) is 0 Å². The van der Waals surface area contributed by atoms with Crippen LogP contribution >= 0.6 is 0 Å². The smallest absolute Gasteiger partial charge is 0.240 e. The van der Waals surface area contributed by atoms with E-state index < -0.39 is 10.0 Å². The van der Waals surface area contributed by atoms with E-state index in [4.69, 9.17) is 0 Å². The van der Waals surface area contributed by atoms with Gasteiger partial charge >= 0.3 is 0 Å². The summed E-state index contributed by atoms with van der Waals surface area (Å²) in [5.41, 5.74) is 2.40. The lowest BCUT2D eigenvalue weighted by atomic mass is 10.1. The summed E-state index contributed by atoms with van der Waals surface area (Å²) in [6, 6.07) is 11.0. The number of aryl methyl sites for hydroxylation is 1. The molecule has 5 nitrogen and oxygen atoms in total. The van der Waals surface area contributed by atoms with E-state index in [1.165, 1.54) is 24.3 Å². The molecule has 0 spiro atoms. The van der Waals surface area contributed by atoms with Crippen LogP contribution in [0.15, 0.2) is 47.4 Å². The van der Waals surface area contributed by atoms with E-state index in [9.17, 15) is 17.6 Å². The van der Waals surface area contributed by atoms with Crippen LogP contribution in [-0.4, -0.2) is 20.9 Å². The first-order valence-corrected chi connectivity index (χ1v) is 9.59.